The maximum absolute atomic E-state index is 13.0. The van der Waals surface area contributed by atoms with Crippen molar-refractivity contribution in [2.75, 3.05) is 39.6 Å². The molecule has 19 heteroatoms. The van der Waals surface area contributed by atoms with Gasteiger partial charge in [-0.15, -0.1) is 0 Å². The van der Waals surface area contributed by atoms with Crippen molar-refractivity contribution in [1.29, 1.82) is 0 Å². The molecule has 0 radical (unpaired) electrons. The van der Waals surface area contributed by atoms with Crippen molar-refractivity contribution < 1.29 is 80.2 Å². The van der Waals surface area contributed by atoms with E-state index >= 15 is 0 Å². The molecule has 17 nitrogen and oxygen atoms in total. The summed E-state index contributed by atoms with van der Waals surface area (Å²) in [5.74, 6) is -0.675. The molecule has 3 N–H and O–H groups in total. The summed E-state index contributed by atoms with van der Waals surface area (Å²) in [5, 5.41) is 10.6. The molecule has 0 spiro atoms. The number of esters is 4. The molecule has 0 aromatic carbocycles. The summed E-state index contributed by atoms with van der Waals surface area (Å²) in [4.78, 5) is 72.5. The van der Waals surface area contributed by atoms with Crippen molar-refractivity contribution in [3.63, 3.8) is 0 Å². The average molecular weight is 1310 g/mol. The Morgan fingerprint density at radius 2 is 0.539 bits per heavy atom. The number of unbranched alkanes of at least 4 members (excludes halogenated alkanes) is 37. The molecule has 528 valence electrons. The number of phosphoric acid groups is 2. The van der Waals surface area contributed by atoms with Crippen molar-refractivity contribution in [2.45, 2.75) is 374 Å². The molecule has 0 aliphatic heterocycles. The van der Waals surface area contributed by atoms with Crippen molar-refractivity contribution >= 4 is 39.5 Å². The SMILES string of the molecule is CCCCCCCCCCCCCCCCCC(=O)O[C@H](COC(=O)CCCCCCCCCCCCCCCC)COP(=O)(O)OC[C@@H](O)COP(=O)(O)OC[C@@H](COC(=O)CCCCCCCCC(C)CC)OC(=O)CCCCCCCCC(C)CC. The normalized spacial score (nSPS) is 14.8. The van der Waals surface area contributed by atoms with Crippen LogP contribution in [0.4, 0.5) is 0 Å². The van der Waals surface area contributed by atoms with Gasteiger partial charge in [-0.3, -0.25) is 37.3 Å². The van der Waals surface area contributed by atoms with Gasteiger partial charge in [0.1, 0.15) is 19.3 Å². The van der Waals surface area contributed by atoms with Crippen molar-refractivity contribution in [3.8, 4) is 0 Å². The lowest BCUT2D eigenvalue weighted by Gasteiger charge is -2.21. The van der Waals surface area contributed by atoms with Crippen LogP contribution in [0.1, 0.15) is 356 Å². The first-order valence-electron chi connectivity index (χ1n) is 36.6. The Hall–Kier alpha value is -1.94. The predicted octanol–water partition coefficient (Wildman–Crippen LogP) is 20.0. The van der Waals surface area contributed by atoms with Gasteiger partial charge in [0.25, 0.3) is 0 Å². The van der Waals surface area contributed by atoms with Crippen LogP contribution in [0, 0.1) is 11.8 Å². The van der Waals surface area contributed by atoms with Crippen LogP contribution in [0.3, 0.4) is 0 Å². The average Bonchev–Trinajstić information content (AvgIpc) is 3.66. The third-order valence-corrected chi connectivity index (χ3v) is 18.8. The van der Waals surface area contributed by atoms with Gasteiger partial charge in [-0.05, 0) is 37.5 Å². The van der Waals surface area contributed by atoms with E-state index in [9.17, 15) is 43.2 Å². The molecular weight excluding hydrogens is 1170 g/mol. The highest BCUT2D eigenvalue weighted by Crippen LogP contribution is 2.45. The fraction of sp³-hybridized carbons (Fsp3) is 0.943. The summed E-state index contributed by atoms with van der Waals surface area (Å²) in [7, 11) is -9.90. The van der Waals surface area contributed by atoms with Gasteiger partial charge in [-0.1, -0.05) is 305 Å². The number of rotatable bonds is 69. The molecule has 0 rings (SSSR count). The van der Waals surface area contributed by atoms with Crippen LogP contribution < -0.4 is 0 Å². The molecule has 0 aliphatic rings. The van der Waals surface area contributed by atoms with E-state index in [-0.39, 0.29) is 25.7 Å². The zero-order valence-electron chi connectivity index (χ0n) is 57.7. The summed E-state index contributed by atoms with van der Waals surface area (Å²) >= 11 is 0. The minimum Gasteiger partial charge on any atom is -0.462 e. The zero-order chi connectivity index (χ0) is 65.7. The number of hydrogen-bond donors (Lipinski definition) is 3. The Labute approximate surface area is 543 Å². The lowest BCUT2D eigenvalue weighted by molar-refractivity contribution is -0.161. The Balaban J connectivity index is 5.25. The summed E-state index contributed by atoms with van der Waals surface area (Å²) in [6, 6.07) is 0. The molecule has 0 aromatic rings. The quantitative estimate of drug-likeness (QED) is 0.0222. The first-order chi connectivity index (χ1) is 42.9. The Bertz CT molecular complexity index is 1740. The predicted molar refractivity (Wildman–Crippen MR) is 358 cm³/mol. The van der Waals surface area contributed by atoms with Gasteiger partial charge in [0.2, 0.25) is 0 Å². The van der Waals surface area contributed by atoms with Gasteiger partial charge in [0.05, 0.1) is 26.4 Å². The Morgan fingerprint density at radius 3 is 0.798 bits per heavy atom. The first kappa shape index (κ1) is 87.1. The fourth-order valence-corrected chi connectivity index (χ4v) is 12.1. The first-order valence-corrected chi connectivity index (χ1v) is 39.6. The fourth-order valence-electron chi connectivity index (χ4n) is 10.5. The number of ether oxygens (including phenoxy) is 4. The maximum atomic E-state index is 13.0. The van der Waals surface area contributed by atoms with Crippen LogP contribution in [0.5, 0.6) is 0 Å². The standard InChI is InChI=1S/C70H136O17P2/c1-7-11-13-15-17-19-21-23-25-27-29-31-33-42-48-54-69(74)86-65(58-80-67(72)52-46-40-32-30-28-26-24-22-20-18-16-14-12-8-2)60-84-88(76,77)82-56-64(71)57-83-89(78,79)85-61-66(87-70(75)55-49-43-37-35-39-45-51-63(6)10-4)59-81-68(73)53-47-41-36-34-38-44-50-62(5)9-3/h62-66,71H,7-61H2,1-6H3,(H,76,77)(H,78,79)/t62?,63?,64-,65-,66-/m1/s1. The molecule has 0 bridgehead atoms. The van der Waals surface area contributed by atoms with Gasteiger partial charge in [0, 0.05) is 25.7 Å². The lowest BCUT2D eigenvalue weighted by Crippen LogP contribution is -2.30. The number of aliphatic hydroxyl groups excluding tert-OH is 1. The zero-order valence-corrected chi connectivity index (χ0v) is 59.5. The monoisotopic (exact) mass is 1310 g/mol. The van der Waals surface area contributed by atoms with Crippen molar-refractivity contribution in [1.82, 2.24) is 0 Å². The number of phosphoric ester groups is 2. The smallest absolute Gasteiger partial charge is 0.462 e. The summed E-state index contributed by atoms with van der Waals surface area (Å²) in [5.41, 5.74) is 0. The van der Waals surface area contributed by atoms with Gasteiger partial charge in [-0.2, -0.15) is 0 Å². The van der Waals surface area contributed by atoms with E-state index in [1.807, 2.05) is 0 Å². The Kier molecular flexibility index (Phi) is 60.8. The van der Waals surface area contributed by atoms with Crippen LogP contribution in [-0.4, -0.2) is 96.7 Å². The largest absolute Gasteiger partial charge is 0.472 e. The maximum Gasteiger partial charge on any atom is 0.472 e. The van der Waals surface area contributed by atoms with Gasteiger partial charge in [0.15, 0.2) is 12.2 Å². The van der Waals surface area contributed by atoms with Crippen molar-refractivity contribution in [3.05, 3.63) is 0 Å². The second-order valence-electron chi connectivity index (χ2n) is 25.8. The summed E-state index contributed by atoms with van der Waals surface area (Å²) in [6.45, 7) is 9.46. The number of carbonyl (C=O) groups is 4. The molecule has 0 saturated heterocycles. The minimum atomic E-state index is -4.95. The summed E-state index contributed by atoms with van der Waals surface area (Å²) < 4.78 is 68.3. The van der Waals surface area contributed by atoms with E-state index < -0.39 is 97.5 Å². The van der Waals surface area contributed by atoms with E-state index in [2.05, 4.69) is 41.5 Å². The molecule has 0 amide bonds. The van der Waals surface area contributed by atoms with Crippen LogP contribution in [0.25, 0.3) is 0 Å². The van der Waals surface area contributed by atoms with Crippen LogP contribution in [0.15, 0.2) is 0 Å². The number of aliphatic hydroxyl groups is 1. The minimum absolute atomic E-state index is 0.102. The van der Waals surface area contributed by atoms with Gasteiger partial charge >= 0.3 is 39.5 Å². The van der Waals surface area contributed by atoms with Crippen molar-refractivity contribution in [2.24, 2.45) is 11.8 Å². The third-order valence-electron chi connectivity index (χ3n) is 16.9. The molecule has 0 heterocycles. The molecule has 0 aliphatic carbocycles. The molecule has 89 heavy (non-hydrogen) atoms. The number of carbonyl (C=O) groups excluding carboxylic acids is 4. The molecule has 7 atom stereocenters. The van der Waals surface area contributed by atoms with E-state index in [0.717, 1.165) is 108 Å². The van der Waals surface area contributed by atoms with E-state index in [1.54, 1.807) is 0 Å². The second kappa shape index (κ2) is 62.2. The highest BCUT2D eigenvalue weighted by Gasteiger charge is 2.30. The molecular formula is C70H136O17P2. The van der Waals surface area contributed by atoms with Gasteiger partial charge in [-0.25, -0.2) is 9.13 Å². The molecule has 0 aromatic heterocycles. The highest BCUT2D eigenvalue weighted by atomic mass is 31.2. The lowest BCUT2D eigenvalue weighted by atomic mass is 10.00. The molecule has 0 saturated carbocycles. The topological polar surface area (TPSA) is 237 Å². The van der Waals surface area contributed by atoms with Crippen LogP contribution >= 0.6 is 15.6 Å². The number of hydrogen-bond acceptors (Lipinski definition) is 15. The van der Waals surface area contributed by atoms with Crippen LogP contribution in [0.2, 0.25) is 0 Å². The van der Waals surface area contributed by atoms with E-state index in [1.165, 1.54) is 167 Å². The second-order valence-corrected chi connectivity index (χ2v) is 28.7. The van der Waals surface area contributed by atoms with Gasteiger partial charge < -0.3 is 33.8 Å². The van der Waals surface area contributed by atoms with Crippen LogP contribution in [-0.2, 0) is 65.4 Å². The summed E-state index contributed by atoms with van der Waals surface area (Å²) in [6.07, 6.45) is 47.2. The third kappa shape index (κ3) is 62.0. The Morgan fingerprint density at radius 1 is 0.315 bits per heavy atom. The molecule has 4 unspecified atom stereocenters. The van der Waals surface area contributed by atoms with E-state index in [0.29, 0.717) is 25.7 Å². The highest BCUT2D eigenvalue weighted by molar-refractivity contribution is 7.47. The van der Waals surface area contributed by atoms with E-state index in [4.69, 9.17) is 37.0 Å². The molecule has 0 fully saturated rings.